The molecule has 0 bridgehead atoms. The van der Waals surface area contributed by atoms with Crippen molar-refractivity contribution in [2.45, 2.75) is 60.3 Å². The van der Waals surface area contributed by atoms with Crippen molar-refractivity contribution in [2.75, 3.05) is 16.0 Å². The van der Waals surface area contributed by atoms with Crippen molar-refractivity contribution in [3.63, 3.8) is 0 Å². The van der Waals surface area contributed by atoms with Gasteiger partial charge in [0.2, 0.25) is 11.8 Å². The highest BCUT2D eigenvalue weighted by molar-refractivity contribution is 7.85. The number of anilines is 4. The number of carbonyl (C=O) groups is 2. The number of fused-ring (bicyclic) bond motifs is 2. The molecule has 3 N–H and O–H groups in total. The summed E-state index contributed by atoms with van der Waals surface area (Å²) in [5.41, 5.74) is 10.9. The summed E-state index contributed by atoms with van der Waals surface area (Å²) >= 11 is 0. The first-order valence-corrected chi connectivity index (χ1v) is 18.1. The SMILES string of the molecule is CC(=O)Nc1c(C)cc(C)c(N=c2ccc3c(-c4ccccc4S(=O)(=O)[O-])c4ccc(Nc5c(C)cc(C)c(NC(C)=O)c5C)cc4oc-3c2)c1C. The van der Waals surface area contributed by atoms with E-state index in [0.29, 0.717) is 50.3 Å². The van der Waals surface area contributed by atoms with Gasteiger partial charge in [0.25, 0.3) is 0 Å². The molecule has 0 saturated heterocycles. The van der Waals surface area contributed by atoms with Gasteiger partial charge in [0, 0.05) is 70.8 Å². The van der Waals surface area contributed by atoms with Crippen molar-refractivity contribution in [3.8, 4) is 22.5 Å². The van der Waals surface area contributed by atoms with Crippen LogP contribution >= 0.6 is 0 Å². The Bertz CT molecular complexity index is 2610. The van der Waals surface area contributed by atoms with Crippen LogP contribution in [0.3, 0.4) is 0 Å². The summed E-state index contributed by atoms with van der Waals surface area (Å²) in [5.74, 6) is 0.0661. The summed E-state index contributed by atoms with van der Waals surface area (Å²) in [6.45, 7) is 14.6. The molecule has 0 spiro atoms. The molecule has 2 amide bonds. The molecule has 0 radical (unpaired) electrons. The minimum Gasteiger partial charge on any atom is -0.744 e. The predicted octanol–water partition coefficient (Wildman–Crippen LogP) is 8.85. The van der Waals surface area contributed by atoms with Gasteiger partial charge >= 0.3 is 0 Å². The Hall–Kier alpha value is -5.78. The van der Waals surface area contributed by atoms with E-state index >= 15 is 0 Å². The molecule has 10 nitrogen and oxygen atoms in total. The summed E-state index contributed by atoms with van der Waals surface area (Å²) < 4.78 is 44.1. The molecule has 0 aromatic heterocycles. The zero-order chi connectivity index (χ0) is 37.6. The van der Waals surface area contributed by atoms with Gasteiger partial charge in [-0.1, -0.05) is 30.3 Å². The highest BCUT2D eigenvalue weighted by Crippen LogP contribution is 2.43. The van der Waals surface area contributed by atoms with Crippen LogP contribution < -0.4 is 21.3 Å². The summed E-state index contributed by atoms with van der Waals surface area (Å²) in [6, 6.07) is 21.0. The van der Waals surface area contributed by atoms with Crippen molar-refractivity contribution in [1.82, 2.24) is 0 Å². The lowest BCUT2D eigenvalue weighted by atomic mass is 9.93. The molecule has 11 heteroatoms. The van der Waals surface area contributed by atoms with E-state index in [-0.39, 0.29) is 22.3 Å². The number of hydrogen-bond donors (Lipinski definition) is 3. The molecule has 2 aliphatic rings. The van der Waals surface area contributed by atoms with Crippen molar-refractivity contribution >= 4 is 61.3 Å². The largest absolute Gasteiger partial charge is 0.744 e. The van der Waals surface area contributed by atoms with Crippen LogP contribution in [-0.4, -0.2) is 24.8 Å². The molecule has 1 heterocycles. The normalized spacial score (nSPS) is 12.0. The van der Waals surface area contributed by atoms with Crippen LogP contribution in [0.2, 0.25) is 0 Å². The molecule has 0 fully saturated rings. The van der Waals surface area contributed by atoms with E-state index in [4.69, 9.17) is 9.41 Å². The summed E-state index contributed by atoms with van der Waals surface area (Å²) in [5, 5.41) is 10.5. The summed E-state index contributed by atoms with van der Waals surface area (Å²) in [6.07, 6.45) is 0. The van der Waals surface area contributed by atoms with Gasteiger partial charge in [0.05, 0.1) is 15.9 Å². The standard InChI is InChI=1S/C41H40N4O6S/c1-21-17-23(3)40(25(5)38(21)42-27(7)46)44-29-13-15-31-34(19-29)51-35-20-30(45-41-24(4)18-22(2)39(26(41)6)43-28(8)47)14-16-32(35)37(31)33-11-9-10-12-36(33)52(48,49)50/h9-20,44H,1-8H3,(H,42,46)(H,43,47)(H,48,49,50)/p-1. The molecule has 0 unspecified atom stereocenters. The van der Waals surface area contributed by atoms with E-state index in [0.717, 1.165) is 44.8 Å². The van der Waals surface area contributed by atoms with Crippen LogP contribution in [-0.2, 0) is 19.7 Å². The van der Waals surface area contributed by atoms with E-state index in [2.05, 4.69) is 16.0 Å². The zero-order valence-corrected chi connectivity index (χ0v) is 31.0. The first-order chi connectivity index (χ1) is 24.5. The number of benzene rings is 5. The van der Waals surface area contributed by atoms with Gasteiger partial charge < -0.3 is 24.9 Å². The van der Waals surface area contributed by atoms with Gasteiger partial charge in [-0.05, 0) is 105 Å². The Morgan fingerprint density at radius 3 is 1.96 bits per heavy atom. The molecule has 0 saturated carbocycles. The first kappa shape index (κ1) is 36.0. The third-order valence-electron chi connectivity index (χ3n) is 9.15. The third kappa shape index (κ3) is 6.92. The lowest BCUT2D eigenvalue weighted by Crippen LogP contribution is -2.10. The Balaban J connectivity index is 1.60. The Morgan fingerprint density at radius 1 is 0.692 bits per heavy atom. The quantitative estimate of drug-likeness (QED) is 0.110. The van der Waals surface area contributed by atoms with E-state index in [1.807, 2.05) is 84.0 Å². The lowest BCUT2D eigenvalue weighted by molar-refractivity contribution is -0.115. The van der Waals surface area contributed by atoms with Gasteiger partial charge in [-0.3, -0.25) is 9.59 Å². The lowest BCUT2D eigenvalue weighted by Gasteiger charge is -2.21. The van der Waals surface area contributed by atoms with Gasteiger partial charge in [0.1, 0.15) is 21.5 Å². The Kier molecular flexibility index (Phi) is 9.52. The maximum absolute atomic E-state index is 12.5. The topological polar surface area (TPSA) is 153 Å². The smallest absolute Gasteiger partial charge is 0.221 e. The van der Waals surface area contributed by atoms with Gasteiger partial charge in [-0.25, -0.2) is 13.4 Å². The summed E-state index contributed by atoms with van der Waals surface area (Å²) in [7, 11) is -4.84. The fourth-order valence-electron chi connectivity index (χ4n) is 6.94. The van der Waals surface area contributed by atoms with Crippen LogP contribution in [0, 0.1) is 41.5 Å². The van der Waals surface area contributed by atoms with Crippen LogP contribution in [0.25, 0.3) is 33.4 Å². The number of amides is 2. The highest BCUT2D eigenvalue weighted by Gasteiger charge is 2.22. The van der Waals surface area contributed by atoms with Crippen LogP contribution in [0.5, 0.6) is 0 Å². The van der Waals surface area contributed by atoms with Crippen molar-refractivity contribution in [3.05, 3.63) is 112 Å². The number of carbonyl (C=O) groups excluding carboxylic acids is 2. The number of nitrogens with zero attached hydrogens (tertiary/aromatic N) is 1. The highest BCUT2D eigenvalue weighted by atomic mass is 32.2. The maximum atomic E-state index is 12.5. The molecular weight excluding hydrogens is 677 g/mol. The zero-order valence-electron chi connectivity index (χ0n) is 30.2. The molecule has 266 valence electrons. The van der Waals surface area contributed by atoms with Crippen molar-refractivity contribution in [2.24, 2.45) is 4.99 Å². The van der Waals surface area contributed by atoms with Crippen molar-refractivity contribution in [1.29, 1.82) is 0 Å². The van der Waals surface area contributed by atoms with Crippen LogP contribution in [0.4, 0.5) is 28.4 Å². The molecule has 4 aromatic carbocycles. The molecule has 1 aliphatic heterocycles. The van der Waals surface area contributed by atoms with Gasteiger partial charge in [-0.15, -0.1) is 0 Å². The van der Waals surface area contributed by atoms with Gasteiger partial charge in [-0.2, -0.15) is 0 Å². The minimum absolute atomic E-state index is 0.169. The number of aryl methyl sites for hydroxylation is 4. The molecule has 4 aromatic rings. The monoisotopic (exact) mass is 715 g/mol. The van der Waals surface area contributed by atoms with Crippen LogP contribution in [0.1, 0.15) is 47.2 Å². The first-order valence-electron chi connectivity index (χ1n) is 16.7. The van der Waals surface area contributed by atoms with Crippen molar-refractivity contribution < 1.29 is 27.0 Å². The third-order valence-corrected chi connectivity index (χ3v) is 10.0. The average molecular weight is 716 g/mol. The van der Waals surface area contributed by atoms with Gasteiger partial charge in [0.15, 0.2) is 0 Å². The summed E-state index contributed by atoms with van der Waals surface area (Å²) in [4.78, 5) is 28.5. The Morgan fingerprint density at radius 2 is 1.31 bits per heavy atom. The molecule has 6 rings (SSSR count). The minimum atomic E-state index is -4.84. The second-order valence-corrected chi connectivity index (χ2v) is 14.5. The van der Waals surface area contributed by atoms with E-state index in [1.165, 1.54) is 26.0 Å². The van der Waals surface area contributed by atoms with E-state index in [1.54, 1.807) is 18.2 Å². The van der Waals surface area contributed by atoms with E-state index < -0.39 is 10.1 Å². The second-order valence-electron chi connectivity index (χ2n) is 13.2. The van der Waals surface area contributed by atoms with Crippen LogP contribution in [0.15, 0.2) is 87.1 Å². The maximum Gasteiger partial charge on any atom is 0.221 e. The second kappa shape index (κ2) is 13.7. The Labute approximate surface area is 302 Å². The fourth-order valence-corrected chi connectivity index (χ4v) is 7.63. The number of nitrogens with one attached hydrogen (secondary N) is 3. The molecule has 1 aliphatic carbocycles. The number of hydrogen-bond acceptors (Lipinski definition) is 8. The molecule has 0 atom stereocenters. The fraction of sp³-hybridized carbons (Fsp3) is 0.195. The van der Waals surface area contributed by atoms with E-state index in [9.17, 15) is 22.6 Å². The molecular formula is C41H39N4O6S-. The number of rotatable bonds is 7. The predicted molar refractivity (Wildman–Crippen MR) is 205 cm³/mol. The molecule has 52 heavy (non-hydrogen) atoms. The average Bonchev–Trinajstić information content (AvgIpc) is 3.07.